The molecular weight excluding hydrogens is 285 g/mol. The fourth-order valence-corrected chi connectivity index (χ4v) is 1.29. The molecule has 8 heteroatoms. The molecule has 0 aliphatic heterocycles. The van der Waals surface area contributed by atoms with Crippen LogP contribution >= 0.6 is 24.0 Å². The van der Waals surface area contributed by atoms with E-state index in [4.69, 9.17) is 22.4 Å². The Balaban J connectivity index is 0.00000256. The monoisotopic (exact) mass is 293 g/mol. The number of hydrogen-bond donors (Lipinski definition) is 2. The van der Waals surface area contributed by atoms with Crippen LogP contribution in [0.25, 0.3) is 0 Å². The van der Waals surface area contributed by atoms with Crippen LogP contribution in [-0.2, 0) is 0 Å². The molecule has 0 spiro atoms. The number of alkyl halides is 3. The first-order valence-corrected chi connectivity index (χ1v) is 4.56. The van der Waals surface area contributed by atoms with E-state index in [1.54, 1.807) is 0 Å². The van der Waals surface area contributed by atoms with Crippen LogP contribution in [0.5, 0.6) is 0 Å². The van der Waals surface area contributed by atoms with Crippen molar-refractivity contribution in [3.05, 3.63) is 34.6 Å². The van der Waals surface area contributed by atoms with Crippen molar-refractivity contribution < 1.29 is 22.7 Å². The minimum atomic E-state index is -4.83. The van der Waals surface area contributed by atoms with Gasteiger partial charge in [-0.1, -0.05) is 17.7 Å². The molecule has 0 heterocycles. The minimum Gasteiger partial charge on any atom is -0.382 e. The number of nitrogens with two attached hydrogens (primary N) is 1. The van der Waals surface area contributed by atoms with Gasteiger partial charge in [0.15, 0.2) is 6.10 Å². The maximum absolute atomic E-state index is 12.7. The third kappa shape index (κ3) is 3.99. The van der Waals surface area contributed by atoms with Gasteiger partial charge in [-0.05, 0) is 17.7 Å². The maximum atomic E-state index is 12.7. The molecule has 98 valence electrons. The summed E-state index contributed by atoms with van der Waals surface area (Å²) in [7, 11) is 0. The first-order valence-electron chi connectivity index (χ1n) is 4.19. The van der Waals surface area contributed by atoms with Crippen molar-refractivity contribution in [2.24, 2.45) is 5.73 Å². The van der Waals surface area contributed by atoms with Gasteiger partial charge in [0.2, 0.25) is 0 Å². The largest absolute Gasteiger partial charge is 0.416 e. The van der Waals surface area contributed by atoms with Crippen LogP contribution in [0, 0.1) is 5.82 Å². The normalized spacial score (nSPS) is 15.0. The van der Waals surface area contributed by atoms with Crippen LogP contribution in [0.1, 0.15) is 11.6 Å². The molecule has 1 aromatic rings. The van der Waals surface area contributed by atoms with Gasteiger partial charge < -0.3 is 10.8 Å². The lowest BCUT2D eigenvalue weighted by Gasteiger charge is -2.21. The molecule has 0 amide bonds. The van der Waals surface area contributed by atoms with E-state index in [-0.39, 0.29) is 23.0 Å². The fraction of sp³-hybridized carbons (Fsp3) is 0.333. The molecule has 0 saturated heterocycles. The Labute approximate surface area is 106 Å². The smallest absolute Gasteiger partial charge is 0.382 e. The molecule has 0 aliphatic carbocycles. The Morgan fingerprint density at radius 1 is 1.29 bits per heavy atom. The number of rotatable bonds is 2. The van der Waals surface area contributed by atoms with Gasteiger partial charge in [-0.15, -0.1) is 12.4 Å². The number of halogens is 6. The highest BCUT2D eigenvalue weighted by Crippen LogP contribution is 2.30. The van der Waals surface area contributed by atoms with Crippen LogP contribution in [0.2, 0.25) is 5.02 Å². The number of hydrogen-bond acceptors (Lipinski definition) is 2. The van der Waals surface area contributed by atoms with Crippen molar-refractivity contribution in [3.8, 4) is 0 Å². The average Bonchev–Trinajstić information content (AvgIpc) is 2.18. The van der Waals surface area contributed by atoms with E-state index in [9.17, 15) is 17.6 Å². The predicted octanol–water partition coefficient (Wildman–Crippen LogP) is 2.82. The molecule has 0 radical (unpaired) electrons. The predicted molar refractivity (Wildman–Crippen MR) is 57.6 cm³/mol. The maximum Gasteiger partial charge on any atom is 0.416 e. The van der Waals surface area contributed by atoms with Gasteiger partial charge in [-0.3, -0.25) is 0 Å². The van der Waals surface area contributed by atoms with Crippen molar-refractivity contribution in [2.45, 2.75) is 18.3 Å². The van der Waals surface area contributed by atoms with Crippen LogP contribution in [0.15, 0.2) is 18.2 Å². The van der Waals surface area contributed by atoms with Gasteiger partial charge in [-0.2, -0.15) is 13.2 Å². The topological polar surface area (TPSA) is 46.2 Å². The quantitative estimate of drug-likeness (QED) is 0.824. The Kier molecular flexibility index (Phi) is 5.67. The molecule has 2 nitrogen and oxygen atoms in total. The zero-order valence-electron chi connectivity index (χ0n) is 8.21. The van der Waals surface area contributed by atoms with Gasteiger partial charge in [-0.25, -0.2) is 4.39 Å². The van der Waals surface area contributed by atoms with Gasteiger partial charge >= 0.3 is 6.18 Å². The van der Waals surface area contributed by atoms with E-state index in [2.05, 4.69) is 0 Å². The average molecular weight is 294 g/mol. The van der Waals surface area contributed by atoms with E-state index in [1.165, 1.54) is 0 Å². The third-order valence-corrected chi connectivity index (χ3v) is 2.29. The zero-order valence-corrected chi connectivity index (χ0v) is 9.78. The van der Waals surface area contributed by atoms with Gasteiger partial charge in [0.25, 0.3) is 0 Å². The summed E-state index contributed by atoms with van der Waals surface area (Å²) < 4.78 is 49.1. The minimum absolute atomic E-state index is 0. The Morgan fingerprint density at radius 3 is 2.24 bits per heavy atom. The van der Waals surface area contributed by atoms with Crippen LogP contribution in [0.4, 0.5) is 17.6 Å². The fourth-order valence-electron chi connectivity index (χ4n) is 1.11. The summed E-state index contributed by atoms with van der Waals surface area (Å²) >= 11 is 5.38. The van der Waals surface area contributed by atoms with E-state index in [0.717, 1.165) is 18.2 Å². The van der Waals surface area contributed by atoms with Crippen molar-refractivity contribution in [1.29, 1.82) is 0 Å². The van der Waals surface area contributed by atoms with Gasteiger partial charge in [0, 0.05) is 0 Å². The van der Waals surface area contributed by atoms with Crippen LogP contribution in [0.3, 0.4) is 0 Å². The molecule has 2 atom stereocenters. The van der Waals surface area contributed by atoms with E-state index >= 15 is 0 Å². The highest BCUT2D eigenvalue weighted by Gasteiger charge is 2.42. The van der Waals surface area contributed by atoms with Gasteiger partial charge in [0.05, 0.1) is 11.1 Å². The second-order valence-electron chi connectivity index (χ2n) is 3.19. The summed E-state index contributed by atoms with van der Waals surface area (Å²) in [6.07, 6.45) is -7.55. The SMILES string of the molecule is Cl.N[C@@H](c1ccc(F)c(Cl)c1)[C@H](O)C(F)(F)F. The lowest BCUT2D eigenvalue weighted by atomic mass is 10.0. The lowest BCUT2D eigenvalue weighted by Crippen LogP contribution is -2.38. The van der Waals surface area contributed by atoms with Crippen molar-refractivity contribution >= 4 is 24.0 Å². The molecule has 3 N–H and O–H groups in total. The standard InChI is InChI=1S/C9H8ClF4NO.ClH/c10-5-3-4(1-2-6(5)11)7(15)8(16)9(12,13)14;/h1-3,7-8,16H,15H2;1H/t7-,8-;/m0./s1. The highest BCUT2D eigenvalue weighted by molar-refractivity contribution is 6.30. The molecular formula is C9H9Cl2F4NO. The van der Waals surface area contributed by atoms with Crippen molar-refractivity contribution in [2.75, 3.05) is 0 Å². The first-order chi connectivity index (χ1) is 7.23. The number of aliphatic hydroxyl groups is 1. The van der Waals surface area contributed by atoms with Crippen molar-refractivity contribution in [1.82, 2.24) is 0 Å². The molecule has 17 heavy (non-hydrogen) atoms. The summed E-state index contributed by atoms with van der Waals surface area (Å²) in [5.74, 6) is -0.765. The lowest BCUT2D eigenvalue weighted by molar-refractivity contribution is -0.210. The summed E-state index contributed by atoms with van der Waals surface area (Å²) in [5, 5.41) is 8.54. The molecule has 0 saturated carbocycles. The molecule has 0 fully saturated rings. The first kappa shape index (κ1) is 16.4. The molecule has 0 bridgehead atoms. The number of benzene rings is 1. The molecule has 0 aliphatic rings. The summed E-state index contributed by atoms with van der Waals surface area (Å²) in [6, 6.07) is 1.19. The third-order valence-electron chi connectivity index (χ3n) is 2.00. The second kappa shape index (κ2) is 5.86. The second-order valence-corrected chi connectivity index (χ2v) is 3.59. The van der Waals surface area contributed by atoms with Crippen LogP contribution in [-0.4, -0.2) is 17.4 Å². The molecule has 1 aromatic carbocycles. The van der Waals surface area contributed by atoms with E-state index < -0.39 is 24.1 Å². The highest BCUT2D eigenvalue weighted by atomic mass is 35.5. The van der Waals surface area contributed by atoms with Gasteiger partial charge in [0.1, 0.15) is 5.82 Å². The zero-order chi connectivity index (χ0) is 12.5. The molecule has 1 rings (SSSR count). The molecule has 0 unspecified atom stereocenters. The Bertz CT molecular complexity index is 386. The van der Waals surface area contributed by atoms with E-state index in [0.29, 0.717) is 0 Å². The Hall–Kier alpha value is -0.560. The Morgan fingerprint density at radius 2 is 1.82 bits per heavy atom. The van der Waals surface area contributed by atoms with E-state index in [1.807, 2.05) is 0 Å². The van der Waals surface area contributed by atoms with Crippen LogP contribution < -0.4 is 5.73 Å². The summed E-state index contributed by atoms with van der Waals surface area (Å²) in [5.41, 5.74) is 5.11. The number of aliphatic hydroxyl groups excluding tert-OH is 1. The van der Waals surface area contributed by atoms with Crippen molar-refractivity contribution in [3.63, 3.8) is 0 Å². The summed E-state index contributed by atoms with van der Waals surface area (Å²) in [4.78, 5) is 0. The molecule has 0 aromatic heterocycles. The summed E-state index contributed by atoms with van der Waals surface area (Å²) in [6.45, 7) is 0.